The molecule has 0 radical (unpaired) electrons. The summed E-state index contributed by atoms with van der Waals surface area (Å²) in [5, 5.41) is 5.28. The molecule has 0 spiro atoms. The zero-order chi connectivity index (χ0) is 20.5. The third-order valence-corrected chi connectivity index (χ3v) is 3.84. The van der Waals surface area contributed by atoms with Crippen LogP contribution < -0.4 is 20.1 Å². The van der Waals surface area contributed by atoms with Gasteiger partial charge in [-0.05, 0) is 30.3 Å². The third kappa shape index (κ3) is 5.88. The molecule has 0 aliphatic heterocycles. The van der Waals surface area contributed by atoms with Gasteiger partial charge in [-0.2, -0.15) is 0 Å². The minimum Gasteiger partial charge on any atom is -0.496 e. The second-order valence-electron chi connectivity index (χ2n) is 5.44. The van der Waals surface area contributed by atoms with Crippen molar-refractivity contribution in [3.8, 4) is 11.5 Å². The molecule has 0 unspecified atom stereocenters. The molecule has 2 rings (SSSR count). The van der Waals surface area contributed by atoms with Gasteiger partial charge >= 0.3 is 5.97 Å². The average molecular weight is 407 g/mol. The predicted octanol–water partition coefficient (Wildman–Crippen LogP) is 2.27. The van der Waals surface area contributed by atoms with Crippen molar-refractivity contribution in [1.29, 1.82) is 0 Å². The molecule has 8 nitrogen and oxygen atoms in total. The largest absolute Gasteiger partial charge is 0.496 e. The van der Waals surface area contributed by atoms with E-state index in [1.165, 1.54) is 20.3 Å². The Balaban J connectivity index is 1.78. The molecule has 0 bridgehead atoms. The summed E-state index contributed by atoms with van der Waals surface area (Å²) in [6.07, 6.45) is 0. The lowest BCUT2D eigenvalue weighted by molar-refractivity contribution is -0.146. The summed E-state index contributed by atoms with van der Waals surface area (Å²) < 4.78 is 14.9. The van der Waals surface area contributed by atoms with Crippen molar-refractivity contribution >= 4 is 35.1 Å². The fourth-order valence-corrected chi connectivity index (χ4v) is 2.48. The number of carbonyl (C=O) groups is 3. The lowest BCUT2D eigenvalue weighted by Crippen LogP contribution is -2.32. The first-order valence-electron chi connectivity index (χ1n) is 8.14. The van der Waals surface area contributed by atoms with Crippen LogP contribution in [-0.2, 0) is 14.3 Å². The number of esters is 1. The van der Waals surface area contributed by atoms with Gasteiger partial charge in [-0.15, -0.1) is 0 Å². The standard InChI is InChI=1S/C19H19ClN2O6/c1-26-15-6-4-3-5-13(15)19(25)21-10-18(24)28-11-17(23)22-12-7-8-16(27-2)14(20)9-12/h3-9H,10-11H2,1-2H3,(H,21,25)(H,22,23). The van der Waals surface area contributed by atoms with Gasteiger partial charge in [-0.1, -0.05) is 23.7 Å². The highest BCUT2D eigenvalue weighted by Gasteiger charge is 2.14. The van der Waals surface area contributed by atoms with Crippen molar-refractivity contribution in [2.24, 2.45) is 0 Å². The van der Waals surface area contributed by atoms with Crippen LogP contribution in [0.1, 0.15) is 10.4 Å². The molecule has 0 aromatic heterocycles. The van der Waals surface area contributed by atoms with Gasteiger partial charge in [0, 0.05) is 5.69 Å². The summed E-state index contributed by atoms with van der Waals surface area (Å²) in [5.74, 6) is -0.952. The van der Waals surface area contributed by atoms with Gasteiger partial charge in [-0.25, -0.2) is 0 Å². The second kappa shape index (κ2) is 10.2. The molecule has 0 aliphatic carbocycles. The summed E-state index contributed by atoms with van der Waals surface area (Å²) in [4.78, 5) is 35.7. The highest BCUT2D eigenvalue weighted by molar-refractivity contribution is 6.32. The van der Waals surface area contributed by atoms with E-state index >= 15 is 0 Å². The Labute approximate surface area is 166 Å². The summed E-state index contributed by atoms with van der Waals surface area (Å²) in [6, 6.07) is 11.3. The van der Waals surface area contributed by atoms with Crippen LogP contribution in [0.25, 0.3) is 0 Å². The Bertz CT molecular complexity index is 871. The number of hydrogen-bond acceptors (Lipinski definition) is 6. The maximum atomic E-state index is 12.1. The Kier molecular flexibility index (Phi) is 7.65. The summed E-state index contributed by atoms with van der Waals surface area (Å²) in [7, 11) is 2.92. The molecular formula is C19H19ClN2O6. The molecule has 2 amide bonds. The molecular weight excluding hydrogens is 388 g/mol. The second-order valence-corrected chi connectivity index (χ2v) is 5.85. The zero-order valence-corrected chi connectivity index (χ0v) is 16.0. The lowest BCUT2D eigenvalue weighted by Gasteiger charge is -2.10. The number of anilines is 1. The normalized spacial score (nSPS) is 9.96. The number of hydrogen-bond donors (Lipinski definition) is 2. The van der Waals surface area contributed by atoms with Gasteiger partial charge in [0.05, 0.1) is 24.8 Å². The molecule has 28 heavy (non-hydrogen) atoms. The van der Waals surface area contributed by atoms with Crippen LogP contribution in [0.5, 0.6) is 11.5 Å². The molecule has 0 aliphatic rings. The third-order valence-electron chi connectivity index (χ3n) is 3.54. The molecule has 2 aromatic carbocycles. The number of rotatable bonds is 8. The van der Waals surface area contributed by atoms with Crippen LogP contribution >= 0.6 is 11.6 Å². The number of amides is 2. The van der Waals surface area contributed by atoms with Gasteiger partial charge in [-0.3, -0.25) is 14.4 Å². The van der Waals surface area contributed by atoms with Crippen molar-refractivity contribution in [1.82, 2.24) is 5.32 Å². The number of carbonyl (C=O) groups excluding carboxylic acids is 3. The quantitative estimate of drug-likeness (QED) is 0.652. The molecule has 0 saturated carbocycles. The number of methoxy groups -OCH3 is 2. The first-order chi connectivity index (χ1) is 13.4. The van der Waals surface area contributed by atoms with E-state index in [0.29, 0.717) is 22.2 Å². The first kappa shape index (κ1) is 21.0. The fraction of sp³-hybridized carbons (Fsp3) is 0.211. The summed E-state index contributed by atoms with van der Waals surface area (Å²) >= 11 is 5.97. The molecule has 0 saturated heterocycles. The highest BCUT2D eigenvalue weighted by atomic mass is 35.5. The van der Waals surface area contributed by atoms with E-state index in [1.54, 1.807) is 36.4 Å². The van der Waals surface area contributed by atoms with E-state index in [0.717, 1.165) is 0 Å². The minimum absolute atomic E-state index is 0.284. The van der Waals surface area contributed by atoms with E-state index in [-0.39, 0.29) is 5.56 Å². The first-order valence-corrected chi connectivity index (χ1v) is 8.52. The van der Waals surface area contributed by atoms with E-state index in [9.17, 15) is 14.4 Å². The van der Waals surface area contributed by atoms with Gasteiger partial charge < -0.3 is 24.8 Å². The van der Waals surface area contributed by atoms with Crippen LogP contribution in [0.2, 0.25) is 5.02 Å². The number of halogens is 1. The predicted molar refractivity (Wildman–Crippen MR) is 103 cm³/mol. The van der Waals surface area contributed by atoms with Crippen LogP contribution in [0.15, 0.2) is 42.5 Å². The SMILES string of the molecule is COc1ccc(NC(=O)COC(=O)CNC(=O)c2ccccc2OC)cc1Cl. The lowest BCUT2D eigenvalue weighted by atomic mass is 10.2. The molecule has 2 aromatic rings. The average Bonchev–Trinajstić information content (AvgIpc) is 2.70. The van der Waals surface area contributed by atoms with Gasteiger partial charge in [0.2, 0.25) is 0 Å². The molecule has 2 N–H and O–H groups in total. The van der Waals surface area contributed by atoms with Crippen LogP contribution in [-0.4, -0.2) is 45.2 Å². The van der Waals surface area contributed by atoms with E-state index in [4.69, 9.17) is 25.8 Å². The smallest absolute Gasteiger partial charge is 0.325 e. The minimum atomic E-state index is -0.758. The maximum absolute atomic E-state index is 12.1. The molecule has 9 heteroatoms. The Morgan fingerprint density at radius 1 is 1.00 bits per heavy atom. The zero-order valence-electron chi connectivity index (χ0n) is 15.3. The summed E-state index contributed by atoms with van der Waals surface area (Å²) in [5.41, 5.74) is 0.711. The van der Waals surface area contributed by atoms with E-state index < -0.39 is 30.9 Å². The number of benzene rings is 2. The molecule has 0 fully saturated rings. The molecule has 0 atom stereocenters. The van der Waals surface area contributed by atoms with E-state index in [1.807, 2.05) is 0 Å². The number of para-hydroxylation sites is 1. The Morgan fingerprint density at radius 2 is 1.71 bits per heavy atom. The molecule has 148 valence electrons. The fourth-order valence-electron chi connectivity index (χ4n) is 2.22. The van der Waals surface area contributed by atoms with Crippen LogP contribution in [0.3, 0.4) is 0 Å². The van der Waals surface area contributed by atoms with Crippen molar-refractivity contribution in [3.63, 3.8) is 0 Å². The number of nitrogens with one attached hydrogen (secondary N) is 2. The van der Waals surface area contributed by atoms with Gasteiger partial charge in [0.15, 0.2) is 6.61 Å². The summed E-state index contributed by atoms with van der Waals surface area (Å²) in [6.45, 7) is -0.897. The van der Waals surface area contributed by atoms with Crippen molar-refractivity contribution < 1.29 is 28.6 Å². The monoisotopic (exact) mass is 406 g/mol. The van der Waals surface area contributed by atoms with Crippen LogP contribution in [0, 0.1) is 0 Å². The molecule has 0 heterocycles. The Morgan fingerprint density at radius 3 is 2.39 bits per heavy atom. The maximum Gasteiger partial charge on any atom is 0.325 e. The highest BCUT2D eigenvalue weighted by Crippen LogP contribution is 2.27. The topological polar surface area (TPSA) is 103 Å². The van der Waals surface area contributed by atoms with E-state index in [2.05, 4.69) is 10.6 Å². The Hall–Kier alpha value is -3.26. The van der Waals surface area contributed by atoms with Gasteiger partial charge in [0.25, 0.3) is 11.8 Å². The van der Waals surface area contributed by atoms with Crippen LogP contribution in [0.4, 0.5) is 5.69 Å². The van der Waals surface area contributed by atoms with Crippen molar-refractivity contribution in [2.45, 2.75) is 0 Å². The van der Waals surface area contributed by atoms with Gasteiger partial charge in [0.1, 0.15) is 18.0 Å². The number of ether oxygens (including phenoxy) is 3. The van der Waals surface area contributed by atoms with Crippen molar-refractivity contribution in [3.05, 3.63) is 53.1 Å². The van der Waals surface area contributed by atoms with Crippen molar-refractivity contribution in [2.75, 3.05) is 32.7 Å².